The van der Waals surface area contributed by atoms with E-state index in [9.17, 15) is 13.2 Å². The Morgan fingerprint density at radius 3 is 2.68 bits per heavy atom. The molecule has 0 spiro atoms. The van der Waals surface area contributed by atoms with Crippen molar-refractivity contribution in [3.05, 3.63) is 29.8 Å². The average Bonchev–Trinajstić information content (AvgIpc) is 2.87. The van der Waals surface area contributed by atoms with Crippen LogP contribution in [0.3, 0.4) is 0 Å². The Balaban J connectivity index is 1.69. The SMILES string of the molecule is Cc1ccc(S(=O)(=O)N/N=C2/CCN3C(=O)CCC3C2)cc1. The largest absolute Gasteiger partial charge is 0.339 e. The van der Waals surface area contributed by atoms with Gasteiger partial charge in [-0.05, 0) is 25.5 Å². The van der Waals surface area contributed by atoms with Gasteiger partial charge in [0.05, 0.1) is 4.90 Å². The zero-order valence-electron chi connectivity index (χ0n) is 12.4. The summed E-state index contributed by atoms with van der Waals surface area (Å²) in [5.41, 5.74) is 1.81. The van der Waals surface area contributed by atoms with Gasteiger partial charge in [-0.3, -0.25) is 4.79 Å². The molecule has 1 aromatic rings. The number of hydrazone groups is 1. The van der Waals surface area contributed by atoms with Crippen LogP contribution in [0, 0.1) is 6.92 Å². The summed E-state index contributed by atoms with van der Waals surface area (Å²) in [6.07, 6.45) is 2.70. The molecule has 118 valence electrons. The molecule has 0 radical (unpaired) electrons. The second kappa shape index (κ2) is 5.72. The van der Waals surface area contributed by atoms with Crippen LogP contribution in [0.4, 0.5) is 0 Å². The van der Waals surface area contributed by atoms with E-state index < -0.39 is 10.0 Å². The van der Waals surface area contributed by atoms with Gasteiger partial charge >= 0.3 is 0 Å². The molecule has 2 heterocycles. The van der Waals surface area contributed by atoms with Crippen LogP contribution in [-0.2, 0) is 14.8 Å². The topological polar surface area (TPSA) is 78.8 Å². The monoisotopic (exact) mass is 321 g/mol. The van der Waals surface area contributed by atoms with Crippen LogP contribution >= 0.6 is 0 Å². The molecule has 2 saturated heterocycles. The van der Waals surface area contributed by atoms with Crippen molar-refractivity contribution in [2.45, 2.75) is 43.5 Å². The molecule has 22 heavy (non-hydrogen) atoms. The van der Waals surface area contributed by atoms with Crippen molar-refractivity contribution in [1.82, 2.24) is 9.73 Å². The van der Waals surface area contributed by atoms with Crippen LogP contribution in [0.2, 0.25) is 0 Å². The van der Waals surface area contributed by atoms with Gasteiger partial charge in [0.2, 0.25) is 5.91 Å². The number of aryl methyl sites for hydroxylation is 1. The smallest absolute Gasteiger partial charge is 0.276 e. The summed E-state index contributed by atoms with van der Waals surface area (Å²) in [6, 6.07) is 6.82. The first kappa shape index (κ1) is 15.0. The second-order valence-corrected chi connectivity index (χ2v) is 7.48. The molecule has 0 aliphatic carbocycles. The number of carbonyl (C=O) groups is 1. The Morgan fingerprint density at radius 1 is 1.23 bits per heavy atom. The number of piperidine rings is 1. The first-order valence-electron chi connectivity index (χ1n) is 7.39. The molecule has 1 unspecified atom stereocenters. The second-order valence-electron chi connectivity index (χ2n) is 5.82. The first-order chi connectivity index (χ1) is 10.5. The van der Waals surface area contributed by atoms with E-state index in [0.29, 0.717) is 25.8 Å². The predicted molar refractivity (Wildman–Crippen MR) is 82.9 cm³/mol. The molecule has 0 aromatic heterocycles. The molecule has 1 atom stereocenters. The Hall–Kier alpha value is -1.89. The van der Waals surface area contributed by atoms with Gasteiger partial charge in [-0.2, -0.15) is 13.5 Å². The first-order valence-corrected chi connectivity index (χ1v) is 8.87. The lowest BCUT2D eigenvalue weighted by Gasteiger charge is -2.30. The molecule has 2 aliphatic rings. The molecule has 2 fully saturated rings. The average molecular weight is 321 g/mol. The van der Waals surface area contributed by atoms with Crippen LogP contribution in [0.1, 0.15) is 31.2 Å². The zero-order chi connectivity index (χ0) is 15.7. The van der Waals surface area contributed by atoms with Crippen LogP contribution in [0.15, 0.2) is 34.3 Å². The zero-order valence-corrected chi connectivity index (χ0v) is 13.3. The fourth-order valence-corrected chi connectivity index (χ4v) is 3.78. The van der Waals surface area contributed by atoms with Crippen molar-refractivity contribution >= 4 is 21.6 Å². The van der Waals surface area contributed by atoms with Gasteiger partial charge in [0, 0.05) is 37.6 Å². The summed E-state index contributed by atoms with van der Waals surface area (Å²) < 4.78 is 24.4. The number of sulfonamides is 1. The summed E-state index contributed by atoms with van der Waals surface area (Å²) in [4.78, 5) is 16.0. The number of benzene rings is 1. The normalized spacial score (nSPS) is 23.7. The highest BCUT2D eigenvalue weighted by molar-refractivity contribution is 7.89. The highest BCUT2D eigenvalue weighted by Crippen LogP contribution is 2.26. The molecule has 0 bridgehead atoms. The molecule has 1 N–H and O–H groups in total. The van der Waals surface area contributed by atoms with Crippen LogP contribution < -0.4 is 4.83 Å². The standard InChI is InChI=1S/C15H19N3O3S/c1-11-2-5-14(6-3-11)22(20,21)17-16-12-8-9-18-13(10-12)4-7-15(18)19/h2-3,5-6,13,17H,4,7-10H2,1H3/b16-12-. The molecule has 1 aromatic carbocycles. The number of nitrogens with zero attached hydrogens (tertiary/aromatic N) is 2. The van der Waals surface area contributed by atoms with E-state index in [0.717, 1.165) is 17.7 Å². The van der Waals surface area contributed by atoms with Crippen molar-refractivity contribution in [3.63, 3.8) is 0 Å². The van der Waals surface area contributed by atoms with Gasteiger partial charge in [0.1, 0.15) is 0 Å². The van der Waals surface area contributed by atoms with Gasteiger partial charge in [0.15, 0.2) is 0 Å². The third kappa shape index (κ3) is 2.99. The molecular weight excluding hydrogens is 302 g/mol. The Bertz CT molecular complexity index is 710. The quantitative estimate of drug-likeness (QED) is 0.855. The van der Waals surface area contributed by atoms with Gasteiger partial charge in [-0.15, -0.1) is 0 Å². The number of carbonyl (C=O) groups excluding carboxylic acids is 1. The van der Waals surface area contributed by atoms with Gasteiger partial charge in [-0.25, -0.2) is 4.83 Å². The Morgan fingerprint density at radius 2 is 1.95 bits per heavy atom. The molecule has 6 nitrogen and oxygen atoms in total. The van der Waals surface area contributed by atoms with E-state index in [1.165, 1.54) is 0 Å². The number of nitrogens with one attached hydrogen (secondary N) is 1. The maximum atomic E-state index is 12.2. The molecule has 2 aliphatic heterocycles. The third-order valence-corrected chi connectivity index (χ3v) is 5.44. The number of fused-ring (bicyclic) bond motifs is 1. The lowest BCUT2D eigenvalue weighted by Crippen LogP contribution is -2.41. The van der Waals surface area contributed by atoms with Crippen molar-refractivity contribution in [2.75, 3.05) is 6.54 Å². The molecule has 3 rings (SSSR count). The lowest BCUT2D eigenvalue weighted by atomic mass is 10.0. The van der Waals surface area contributed by atoms with Crippen molar-refractivity contribution < 1.29 is 13.2 Å². The summed E-state index contributed by atoms with van der Waals surface area (Å²) in [5, 5.41) is 4.08. The highest BCUT2D eigenvalue weighted by atomic mass is 32.2. The minimum Gasteiger partial charge on any atom is -0.339 e. The number of hydrogen-bond donors (Lipinski definition) is 1. The third-order valence-electron chi connectivity index (χ3n) is 4.22. The van der Waals surface area contributed by atoms with E-state index in [2.05, 4.69) is 9.93 Å². The fourth-order valence-electron chi connectivity index (χ4n) is 2.93. The van der Waals surface area contributed by atoms with Crippen LogP contribution in [0.5, 0.6) is 0 Å². The van der Waals surface area contributed by atoms with Crippen LogP contribution in [0.25, 0.3) is 0 Å². The molecule has 7 heteroatoms. The summed E-state index contributed by atoms with van der Waals surface area (Å²) in [6.45, 7) is 2.54. The van der Waals surface area contributed by atoms with Crippen molar-refractivity contribution in [2.24, 2.45) is 5.10 Å². The van der Waals surface area contributed by atoms with E-state index in [-0.39, 0.29) is 16.8 Å². The van der Waals surface area contributed by atoms with Gasteiger partial charge < -0.3 is 4.90 Å². The summed E-state index contributed by atoms with van der Waals surface area (Å²) in [7, 11) is -3.63. The van der Waals surface area contributed by atoms with E-state index in [4.69, 9.17) is 0 Å². The summed E-state index contributed by atoms with van der Waals surface area (Å²) >= 11 is 0. The predicted octanol–water partition coefficient (Wildman–Crippen LogP) is 1.41. The van der Waals surface area contributed by atoms with Crippen LogP contribution in [-0.4, -0.2) is 37.5 Å². The number of hydrogen-bond acceptors (Lipinski definition) is 4. The van der Waals surface area contributed by atoms with Gasteiger partial charge in [-0.1, -0.05) is 17.7 Å². The number of rotatable bonds is 3. The van der Waals surface area contributed by atoms with E-state index >= 15 is 0 Å². The molecular formula is C15H19N3O3S. The van der Waals surface area contributed by atoms with Crippen molar-refractivity contribution in [1.29, 1.82) is 0 Å². The molecule has 0 saturated carbocycles. The number of amides is 1. The minimum absolute atomic E-state index is 0.184. The molecule has 1 amide bonds. The van der Waals surface area contributed by atoms with E-state index in [1.54, 1.807) is 24.3 Å². The lowest BCUT2D eigenvalue weighted by molar-refractivity contribution is -0.129. The maximum Gasteiger partial charge on any atom is 0.276 e. The maximum absolute atomic E-state index is 12.2. The van der Waals surface area contributed by atoms with Crippen molar-refractivity contribution in [3.8, 4) is 0 Å². The Labute approximate surface area is 130 Å². The highest BCUT2D eigenvalue weighted by Gasteiger charge is 2.34. The minimum atomic E-state index is -3.63. The van der Waals surface area contributed by atoms with Gasteiger partial charge in [0.25, 0.3) is 10.0 Å². The summed E-state index contributed by atoms with van der Waals surface area (Å²) in [5.74, 6) is 0.198. The fraction of sp³-hybridized carbons (Fsp3) is 0.467. The van der Waals surface area contributed by atoms with E-state index in [1.807, 2.05) is 11.8 Å². The Kier molecular flexibility index (Phi) is 3.90.